The molecule has 0 unspecified atom stereocenters. The Balaban J connectivity index is 2.96. The van der Waals surface area contributed by atoms with Crippen LogP contribution in [0.5, 0.6) is 0 Å². The number of rotatable bonds is 6. The Hall–Kier alpha value is -1.43. The summed E-state index contributed by atoms with van der Waals surface area (Å²) in [6, 6.07) is 2.60. The molecule has 0 heterocycles. The molecule has 0 bridgehead atoms. The first kappa shape index (κ1) is 15.6. The van der Waals surface area contributed by atoms with Gasteiger partial charge in [-0.05, 0) is 30.6 Å². The molecule has 0 aromatic heterocycles. The number of hydrogen-bond donors (Lipinski definition) is 1. The highest BCUT2D eigenvalue weighted by atomic mass is 32.2. The minimum absolute atomic E-state index is 0.0885. The number of esters is 1. The van der Waals surface area contributed by atoms with E-state index in [1.807, 2.05) is 6.26 Å². The molecule has 106 valence electrons. The predicted molar refractivity (Wildman–Crippen MR) is 78.4 cm³/mol. The smallest absolute Gasteiger partial charge is 0.340 e. The summed E-state index contributed by atoms with van der Waals surface area (Å²) < 4.78 is 18.5. The van der Waals surface area contributed by atoms with Crippen molar-refractivity contribution in [3.8, 4) is 0 Å². The molecule has 0 saturated heterocycles. The number of methoxy groups -OCH3 is 1. The molecule has 1 aromatic carbocycles. The van der Waals surface area contributed by atoms with E-state index in [1.165, 1.54) is 13.2 Å². The molecule has 0 saturated carbocycles. The van der Waals surface area contributed by atoms with Crippen molar-refractivity contribution in [1.82, 2.24) is 0 Å². The SMILES string of the molecule is COC(=O)c1cc(N(C)CCCSC)c(F)cc1N. The van der Waals surface area contributed by atoms with Crippen molar-refractivity contribution in [3.05, 3.63) is 23.5 Å². The number of thioether (sulfide) groups is 1. The number of hydrogen-bond acceptors (Lipinski definition) is 5. The monoisotopic (exact) mass is 286 g/mol. The van der Waals surface area contributed by atoms with Gasteiger partial charge in [-0.3, -0.25) is 0 Å². The fraction of sp³-hybridized carbons (Fsp3) is 0.462. The topological polar surface area (TPSA) is 55.6 Å². The van der Waals surface area contributed by atoms with Gasteiger partial charge < -0.3 is 15.4 Å². The number of halogens is 1. The highest BCUT2D eigenvalue weighted by Crippen LogP contribution is 2.25. The lowest BCUT2D eigenvalue weighted by molar-refractivity contribution is 0.0602. The molecular weight excluding hydrogens is 267 g/mol. The molecule has 0 radical (unpaired) electrons. The number of anilines is 2. The zero-order valence-electron chi connectivity index (χ0n) is 11.4. The van der Waals surface area contributed by atoms with Crippen molar-refractivity contribution in [3.63, 3.8) is 0 Å². The van der Waals surface area contributed by atoms with Crippen LogP contribution in [0.15, 0.2) is 12.1 Å². The van der Waals surface area contributed by atoms with Gasteiger partial charge >= 0.3 is 5.97 Å². The first-order chi connectivity index (χ1) is 9.01. The van der Waals surface area contributed by atoms with Crippen LogP contribution in [0.2, 0.25) is 0 Å². The molecule has 0 amide bonds. The van der Waals surface area contributed by atoms with E-state index in [4.69, 9.17) is 5.73 Å². The number of carbonyl (C=O) groups is 1. The molecule has 0 spiro atoms. The van der Waals surface area contributed by atoms with Gasteiger partial charge in [-0.15, -0.1) is 0 Å². The van der Waals surface area contributed by atoms with Gasteiger partial charge in [0.2, 0.25) is 0 Å². The van der Waals surface area contributed by atoms with E-state index in [1.54, 1.807) is 23.7 Å². The molecule has 19 heavy (non-hydrogen) atoms. The van der Waals surface area contributed by atoms with Crippen molar-refractivity contribution >= 4 is 29.1 Å². The maximum atomic E-state index is 13.9. The molecule has 2 N–H and O–H groups in total. The highest BCUT2D eigenvalue weighted by molar-refractivity contribution is 7.98. The minimum atomic E-state index is -0.559. The quantitative estimate of drug-likeness (QED) is 0.494. The number of nitrogens with two attached hydrogens (primary N) is 1. The zero-order valence-corrected chi connectivity index (χ0v) is 12.2. The lowest BCUT2D eigenvalue weighted by Gasteiger charge is -2.21. The Kier molecular flexibility index (Phi) is 5.95. The summed E-state index contributed by atoms with van der Waals surface area (Å²) in [6.07, 6.45) is 2.97. The van der Waals surface area contributed by atoms with Gasteiger partial charge in [0.1, 0.15) is 5.82 Å². The summed E-state index contributed by atoms with van der Waals surface area (Å²) in [7, 11) is 3.06. The Bertz CT molecular complexity index is 455. The number of nitrogens with zero attached hydrogens (tertiary/aromatic N) is 1. The van der Waals surface area contributed by atoms with Gasteiger partial charge in [-0.25, -0.2) is 9.18 Å². The number of nitrogen functional groups attached to an aromatic ring is 1. The average molecular weight is 286 g/mol. The summed E-state index contributed by atoms with van der Waals surface area (Å²) in [5.74, 6) is 0.0122. The fourth-order valence-corrected chi connectivity index (χ4v) is 2.14. The van der Waals surface area contributed by atoms with Gasteiger partial charge in [0.05, 0.1) is 18.4 Å². The van der Waals surface area contributed by atoms with Crippen LogP contribution in [0.25, 0.3) is 0 Å². The van der Waals surface area contributed by atoms with E-state index in [0.717, 1.165) is 18.2 Å². The lowest BCUT2D eigenvalue weighted by Crippen LogP contribution is -2.21. The van der Waals surface area contributed by atoms with Gasteiger partial charge in [-0.1, -0.05) is 0 Å². The zero-order chi connectivity index (χ0) is 14.4. The summed E-state index contributed by atoms with van der Waals surface area (Å²) >= 11 is 1.74. The van der Waals surface area contributed by atoms with Crippen molar-refractivity contribution in [1.29, 1.82) is 0 Å². The maximum Gasteiger partial charge on any atom is 0.340 e. The third-order valence-electron chi connectivity index (χ3n) is 2.78. The van der Waals surface area contributed by atoms with Crippen molar-refractivity contribution < 1.29 is 13.9 Å². The molecule has 0 atom stereocenters. The molecule has 0 aliphatic carbocycles. The van der Waals surface area contributed by atoms with Crippen LogP contribution in [0, 0.1) is 5.82 Å². The molecule has 1 rings (SSSR count). The van der Waals surface area contributed by atoms with E-state index in [9.17, 15) is 9.18 Å². The molecule has 0 aliphatic rings. The number of benzene rings is 1. The van der Waals surface area contributed by atoms with Crippen LogP contribution < -0.4 is 10.6 Å². The van der Waals surface area contributed by atoms with E-state index in [2.05, 4.69) is 4.74 Å². The fourth-order valence-electron chi connectivity index (χ4n) is 1.72. The normalized spacial score (nSPS) is 10.3. The minimum Gasteiger partial charge on any atom is -0.465 e. The molecule has 1 aromatic rings. The molecular formula is C13H19FN2O2S. The van der Waals surface area contributed by atoms with Crippen LogP contribution in [-0.2, 0) is 4.74 Å². The second kappa shape index (κ2) is 7.23. The van der Waals surface area contributed by atoms with E-state index in [0.29, 0.717) is 12.2 Å². The van der Waals surface area contributed by atoms with Crippen LogP contribution in [0.3, 0.4) is 0 Å². The van der Waals surface area contributed by atoms with E-state index >= 15 is 0 Å². The van der Waals surface area contributed by atoms with Crippen molar-refractivity contribution in [2.75, 3.05) is 43.3 Å². The first-order valence-corrected chi connectivity index (χ1v) is 7.28. The molecule has 4 nitrogen and oxygen atoms in total. The van der Waals surface area contributed by atoms with Crippen LogP contribution in [-0.4, -0.2) is 38.7 Å². The van der Waals surface area contributed by atoms with Crippen LogP contribution in [0.4, 0.5) is 15.8 Å². The van der Waals surface area contributed by atoms with Crippen LogP contribution in [0.1, 0.15) is 16.8 Å². The average Bonchev–Trinajstić information content (AvgIpc) is 2.38. The van der Waals surface area contributed by atoms with Crippen LogP contribution >= 0.6 is 11.8 Å². The standard InChI is InChI=1S/C13H19FN2O2S/c1-16(5-4-6-19-3)12-7-9(13(17)18-2)11(15)8-10(12)14/h7-8H,4-6,15H2,1-3H3. The molecule has 0 fully saturated rings. The second-order valence-electron chi connectivity index (χ2n) is 4.15. The van der Waals surface area contributed by atoms with Gasteiger partial charge in [0, 0.05) is 19.3 Å². The van der Waals surface area contributed by atoms with Gasteiger partial charge in [0.25, 0.3) is 0 Å². The second-order valence-corrected chi connectivity index (χ2v) is 5.14. The largest absolute Gasteiger partial charge is 0.465 e. The van der Waals surface area contributed by atoms with Crippen molar-refractivity contribution in [2.45, 2.75) is 6.42 Å². The summed E-state index contributed by atoms with van der Waals surface area (Å²) in [6.45, 7) is 0.711. The summed E-state index contributed by atoms with van der Waals surface area (Å²) in [4.78, 5) is 13.3. The summed E-state index contributed by atoms with van der Waals surface area (Å²) in [5, 5.41) is 0. The van der Waals surface area contributed by atoms with Crippen molar-refractivity contribution in [2.24, 2.45) is 0 Å². The molecule has 0 aliphatic heterocycles. The Morgan fingerprint density at radius 3 is 2.79 bits per heavy atom. The number of ether oxygens (including phenoxy) is 1. The van der Waals surface area contributed by atoms with E-state index in [-0.39, 0.29) is 11.3 Å². The lowest BCUT2D eigenvalue weighted by atomic mass is 10.1. The Morgan fingerprint density at radius 1 is 1.53 bits per heavy atom. The third kappa shape index (κ3) is 4.02. The Labute approximate surface area is 117 Å². The Morgan fingerprint density at radius 2 is 2.21 bits per heavy atom. The number of carbonyl (C=O) groups excluding carboxylic acids is 1. The predicted octanol–water partition coefficient (Wildman–Crippen LogP) is 2.38. The maximum absolute atomic E-state index is 13.9. The highest BCUT2D eigenvalue weighted by Gasteiger charge is 2.16. The summed E-state index contributed by atoms with van der Waals surface area (Å²) in [5.41, 5.74) is 6.26. The first-order valence-electron chi connectivity index (χ1n) is 5.88. The van der Waals surface area contributed by atoms with Gasteiger partial charge in [0.15, 0.2) is 0 Å². The van der Waals surface area contributed by atoms with Gasteiger partial charge in [-0.2, -0.15) is 11.8 Å². The molecule has 6 heteroatoms. The van der Waals surface area contributed by atoms with E-state index < -0.39 is 11.8 Å². The third-order valence-corrected chi connectivity index (χ3v) is 3.47.